The number of non-ortho nitro benzene ring substituents is 1. The highest BCUT2D eigenvalue weighted by molar-refractivity contribution is 5.84. The zero-order valence-corrected chi connectivity index (χ0v) is 16.7. The van der Waals surface area contributed by atoms with Gasteiger partial charge in [-0.1, -0.05) is 12.1 Å². The standard InChI is InChI=1S/C19H20N2O10/c1-11-16(30-18(24)28-8-6-22)15(13-4-3-5-14(10-13)21(26)27)17(12(2)20-11)31-19(25)29-9-7-23/h3-5,10,22-23H,6-9H2,1-2H3. The summed E-state index contributed by atoms with van der Waals surface area (Å²) in [7, 11) is 0. The Kier molecular flexibility index (Phi) is 8.23. The lowest BCUT2D eigenvalue weighted by atomic mass is 10.0. The molecule has 0 spiro atoms. The molecule has 0 unspecified atom stereocenters. The number of hydrogen-bond acceptors (Lipinski definition) is 11. The molecule has 0 saturated heterocycles. The third-order valence-corrected chi connectivity index (χ3v) is 3.79. The van der Waals surface area contributed by atoms with E-state index in [0.29, 0.717) is 0 Å². The first kappa shape index (κ1) is 23.5. The smallest absolute Gasteiger partial charge is 0.432 e. The molecule has 0 amide bonds. The Balaban J connectivity index is 2.64. The van der Waals surface area contributed by atoms with E-state index in [2.05, 4.69) is 4.98 Å². The molecule has 1 heterocycles. The minimum Gasteiger partial charge on any atom is -0.432 e. The number of rotatable bonds is 8. The Bertz CT molecular complexity index is 930. The first-order valence-corrected chi connectivity index (χ1v) is 8.95. The molecule has 0 atom stereocenters. The lowest BCUT2D eigenvalue weighted by molar-refractivity contribution is -0.384. The van der Waals surface area contributed by atoms with Crippen LogP contribution in [0.4, 0.5) is 15.3 Å². The zero-order chi connectivity index (χ0) is 23.0. The minimum absolute atomic E-state index is 0.0237. The number of aliphatic hydroxyl groups is 2. The van der Waals surface area contributed by atoms with E-state index in [1.54, 1.807) is 0 Å². The van der Waals surface area contributed by atoms with Crippen LogP contribution in [0.1, 0.15) is 11.4 Å². The van der Waals surface area contributed by atoms with E-state index in [9.17, 15) is 19.7 Å². The van der Waals surface area contributed by atoms with E-state index >= 15 is 0 Å². The molecule has 12 nitrogen and oxygen atoms in total. The molecule has 0 saturated carbocycles. The maximum absolute atomic E-state index is 12.0. The fourth-order valence-electron chi connectivity index (χ4n) is 2.59. The van der Waals surface area contributed by atoms with Crippen molar-refractivity contribution >= 4 is 18.0 Å². The zero-order valence-electron chi connectivity index (χ0n) is 16.7. The summed E-state index contributed by atoms with van der Waals surface area (Å²) in [5.41, 5.74) is 0.368. The summed E-state index contributed by atoms with van der Waals surface area (Å²) < 4.78 is 19.8. The van der Waals surface area contributed by atoms with Crippen LogP contribution in [-0.4, -0.2) is 58.9 Å². The van der Waals surface area contributed by atoms with Gasteiger partial charge in [0, 0.05) is 12.1 Å². The summed E-state index contributed by atoms with van der Waals surface area (Å²) in [4.78, 5) is 38.8. The number of nitrogens with zero attached hydrogens (tertiary/aromatic N) is 2. The molecule has 0 fully saturated rings. The number of carbonyl (C=O) groups excluding carboxylic acids is 2. The lowest BCUT2D eigenvalue weighted by Gasteiger charge is -2.18. The largest absolute Gasteiger partial charge is 0.514 e. The van der Waals surface area contributed by atoms with Gasteiger partial charge in [0.15, 0.2) is 11.5 Å². The number of aliphatic hydroxyl groups excluding tert-OH is 2. The molecule has 166 valence electrons. The van der Waals surface area contributed by atoms with E-state index in [1.807, 2.05) is 0 Å². The highest BCUT2D eigenvalue weighted by Crippen LogP contribution is 2.43. The van der Waals surface area contributed by atoms with Crippen LogP contribution in [0, 0.1) is 24.0 Å². The van der Waals surface area contributed by atoms with Gasteiger partial charge < -0.3 is 29.2 Å². The summed E-state index contributed by atoms with van der Waals surface area (Å²) in [6, 6.07) is 5.35. The highest BCUT2D eigenvalue weighted by Gasteiger charge is 2.26. The molecule has 0 aliphatic carbocycles. The monoisotopic (exact) mass is 436 g/mol. The molecule has 0 bridgehead atoms. The van der Waals surface area contributed by atoms with Crippen molar-refractivity contribution in [3.63, 3.8) is 0 Å². The minimum atomic E-state index is -1.16. The van der Waals surface area contributed by atoms with Crippen LogP contribution in [0.3, 0.4) is 0 Å². The predicted octanol–water partition coefficient (Wildman–Crippen LogP) is 2.29. The number of pyridine rings is 1. The lowest BCUT2D eigenvalue weighted by Crippen LogP contribution is -2.17. The van der Waals surface area contributed by atoms with Gasteiger partial charge >= 0.3 is 12.3 Å². The molecule has 31 heavy (non-hydrogen) atoms. The quantitative estimate of drug-likeness (QED) is 0.354. The summed E-state index contributed by atoms with van der Waals surface area (Å²) in [6.45, 7) is 1.53. The molecule has 0 radical (unpaired) electrons. The Labute approximate surface area is 176 Å². The van der Waals surface area contributed by atoms with Crippen molar-refractivity contribution in [2.45, 2.75) is 13.8 Å². The molecule has 1 aromatic carbocycles. The number of aryl methyl sites for hydroxylation is 2. The number of ether oxygens (including phenoxy) is 4. The molecule has 12 heteroatoms. The van der Waals surface area contributed by atoms with E-state index in [0.717, 1.165) is 0 Å². The van der Waals surface area contributed by atoms with Crippen LogP contribution >= 0.6 is 0 Å². The second-order valence-corrected chi connectivity index (χ2v) is 5.97. The first-order chi connectivity index (χ1) is 14.8. The topological polar surface area (TPSA) is 168 Å². The molecular formula is C19H20N2O10. The second kappa shape index (κ2) is 10.8. The number of hydrogen-bond donors (Lipinski definition) is 2. The fraction of sp³-hybridized carbons (Fsp3) is 0.316. The summed E-state index contributed by atoms with van der Waals surface area (Å²) in [5.74, 6) is -0.335. The van der Waals surface area contributed by atoms with Gasteiger partial charge in [0.2, 0.25) is 0 Å². The number of nitro groups is 1. The summed E-state index contributed by atoms with van der Waals surface area (Å²) in [5, 5.41) is 28.8. The van der Waals surface area contributed by atoms with Crippen LogP contribution in [-0.2, 0) is 9.47 Å². The van der Waals surface area contributed by atoms with Gasteiger partial charge in [-0.25, -0.2) is 9.59 Å². The molecular weight excluding hydrogens is 416 g/mol. The summed E-state index contributed by atoms with van der Waals surface area (Å²) in [6.07, 6.45) is -2.33. The van der Waals surface area contributed by atoms with Crippen LogP contribution in [0.15, 0.2) is 24.3 Å². The molecule has 0 aliphatic rings. The van der Waals surface area contributed by atoms with Crippen molar-refractivity contribution < 1.29 is 43.7 Å². The van der Waals surface area contributed by atoms with Crippen molar-refractivity contribution in [1.29, 1.82) is 0 Å². The Morgan fingerprint density at radius 1 is 1.00 bits per heavy atom. The Hall–Kier alpha value is -3.77. The second-order valence-electron chi connectivity index (χ2n) is 5.97. The Morgan fingerprint density at radius 3 is 1.97 bits per heavy atom. The predicted molar refractivity (Wildman–Crippen MR) is 104 cm³/mol. The van der Waals surface area contributed by atoms with Gasteiger partial charge in [0.25, 0.3) is 5.69 Å². The van der Waals surface area contributed by atoms with Crippen LogP contribution in [0.2, 0.25) is 0 Å². The van der Waals surface area contributed by atoms with Gasteiger partial charge in [-0.3, -0.25) is 15.1 Å². The number of aromatic nitrogens is 1. The Morgan fingerprint density at radius 2 is 1.52 bits per heavy atom. The first-order valence-electron chi connectivity index (χ1n) is 8.95. The van der Waals surface area contributed by atoms with Gasteiger partial charge in [-0.05, 0) is 19.4 Å². The third kappa shape index (κ3) is 6.10. The van der Waals surface area contributed by atoms with Gasteiger partial charge in [0.1, 0.15) is 13.2 Å². The summed E-state index contributed by atoms with van der Waals surface area (Å²) >= 11 is 0. The van der Waals surface area contributed by atoms with Crippen molar-refractivity contribution in [3.8, 4) is 22.6 Å². The fourth-order valence-corrected chi connectivity index (χ4v) is 2.59. The number of carbonyl (C=O) groups is 2. The molecule has 0 aliphatic heterocycles. The van der Waals surface area contributed by atoms with E-state index in [-0.39, 0.29) is 52.9 Å². The van der Waals surface area contributed by atoms with E-state index < -0.39 is 30.4 Å². The molecule has 2 rings (SSSR count). The third-order valence-electron chi connectivity index (χ3n) is 3.79. The van der Waals surface area contributed by atoms with Gasteiger partial charge in [0.05, 0.1) is 35.1 Å². The average molecular weight is 436 g/mol. The van der Waals surface area contributed by atoms with Crippen molar-refractivity contribution in [2.24, 2.45) is 0 Å². The van der Waals surface area contributed by atoms with Gasteiger partial charge in [-0.2, -0.15) is 0 Å². The highest BCUT2D eigenvalue weighted by atomic mass is 16.7. The SMILES string of the molecule is Cc1nc(C)c(OC(=O)OCCO)c(-c2cccc([N+](=O)[O-])c2)c1OC(=O)OCCO. The van der Waals surface area contributed by atoms with Crippen molar-refractivity contribution in [1.82, 2.24) is 4.98 Å². The average Bonchev–Trinajstić information content (AvgIpc) is 2.74. The number of nitro benzene ring substituents is 1. The van der Waals surface area contributed by atoms with Crippen LogP contribution in [0.25, 0.3) is 11.1 Å². The molecule has 2 N–H and O–H groups in total. The normalized spacial score (nSPS) is 10.3. The van der Waals surface area contributed by atoms with Crippen molar-refractivity contribution in [2.75, 3.05) is 26.4 Å². The maximum atomic E-state index is 12.0. The van der Waals surface area contributed by atoms with Crippen LogP contribution < -0.4 is 9.47 Å². The van der Waals surface area contributed by atoms with Crippen LogP contribution in [0.5, 0.6) is 11.5 Å². The van der Waals surface area contributed by atoms with Crippen molar-refractivity contribution in [3.05, 3.63) is 45.8 Å². The molecule has 2 aromatic rings. The van der Waals surface area contributed by atoms with Gasteiger partial charge in [-0.15, -0.1) is 0 Å². The number of benzene rings is 1. The van der Waals surface area contributed by atoms with E-state index in [1.165, 1.54) is 38.1 Å². The maximum Gasteiger partial charge on any atom is 0.514 e. The molecule has 1 aromatic heterocycles. The van der Waals surface area contributed by atoms with E-state index in [4.69, 9.17) is 29.2 Å².